The number of hydrogen-bond acceptors (Lipinski definition) is 25. The van der Waals surface area contributed by atoms with Crippen molar-refractivity contribution in [2.75, 3.05) is 186 Å². The van der Waals surface area contributed by atoms with Gasteiger partial charge in [-0.2, -0.15) is 0 Å². The molecule has 5 heterocycles. The third-order valence-electron chi connectivity index (χ3n) is 23.0. The highest BCUT2D eigenvalue weighted by molar-refractivity contribution is 5.75. The molecule has 0 radical (unpaired) electrons. The molecule has 0 aliphatic carbocycles. The standard InChI is InChI=1S/C34H42N2O7.C34H44N2O7.C34H45NO7/c1-37-16-2-14-36-15-19-40-31-10-4-25(20-30(31)36)23-41-34-22-35-13-12-29(34)26-5-7-27(8-6-26)38-17-3-18-39-28-9-11-32-33(21-28)43-24-42-32;1-36(38)34(37)17-14-27-8-3-6-11-32(27)42-22-23-43-33-24-35-19-18-30(33)26-12-15-29(16-13-26)41-21-7-20-40-25-28-9-4-5-10-31(28)39-2;1-36-19-7-22-41-34-28(10-6-12-32(34)38-3)25-42-33-23-35-18-17-30(33)26-13-15-29(16-14-26)40-21-8-20-39-24-27-9-4-5-11-31(27)37-2/h4-11,20-21,29,34-35H,2-3,12-19,22-24H2,1H3;3-6,8-13,15-16,30,33,35,38H,7,14,17-25H2,1-2H3;4-6,9-16,30,33,35H,7-8,17-25H2,1-3H3/t29-,34+;2*30-,33+/m111/s1. The second-order valence-electron chi connectivity index (χ2n) is 31.8. The minimum Gasteiger partial charge on any atom is -0.496 e. The lowest BCUT2D eigenvalue weighted by Crippen LogP contribution is -2.41. The van der Waals surface area contributed by atoms with Crippen LogP contribution in [0.15, 0.2) is 200 Å². The van der Waals surface area contributed by atoms with Gasteiger partial charge in [0.05, 0.1) is 131 Å². The molecule has 0 unspecified atom stereocenters. The topological polar surface area (TPSA) is 255 Å². The molecule has 6 atom stereocenters. The van der Waals surface area contributed by atoms with E-state index in [9.17, 15) is 10.0 Å². The smallest absolute Gasteiger partial charge is 0.245 e. The molecule has 0 aromatic heterocycles. The Balaban J connectivity index is 0.000000174. The molecule has 690 valence electrons. The van der Waals surface area contributed by atoms with Crippen LogP contribution in [0.1, 0.15) is 120 Å². The number of para-hydroxylation sites is 4. The first kappa shape index (κ1) is 96.5. The predicted octanol–water partition coefficient (Wildman–Crippen LogP) is 15.9. The average molecular weight is 1760 g/mol. The van der Waals surface area contributed by atoms with Crippen molar-refractivity contribution in [1.29, 1.82) is 0 Å². The van der Waals surface area contributed by atoms with Gasteiger partial charge in [-0.3, -0.25) is 10.0 Å². The van der Waals surface area contributed by atoms with Crippen LogP contribution in [-0.4, -0.2) is 216 Å². The Hall–Kier alpha value is -10.6. The van der Waals surface area contributed by atoms with Crippen LogP contribution in [0.25, 0.3) is 0 Å². The first-order valence-electron chi connectivity index (χ1n) is 45.0. The number of fused-ring (bicyclic) bond motifs is 2. The number of carbonyl (C=O) groups excluding carboxylic acids is 1. The summed E-state index contributed by atoms with van der Waals surface area (Å²) in [5.74, 6) is 10.2. The van der Waals surface area contributed by atoms with Crippen molar-refractivity contribution < 1.29 is 100 Å². The van der Waals surface area contributed by atoms with Crippen LogP contribution in [0, 0.1) is 0 Å². The molecule has 1 amide bonds. The number of anilines is 1. The molecular weight excluding hydrogens is 1630 g/mol. The molecule has 9 aromatic rings. The molecule has 26 nitrogen and oxygen atoms in total. The summed E-state index contributed by atoms with van der Waals surface area (Å²) in [6, 6.07) is 66.7. The number of rotatable bonds is 49. The number of carbonyl (C=O) groups is 1. The summed E-state index contributed by atoms with van der Waals surface area (Å²) < 4.78 is 110. The van der Waals surface area contributed by atoms with Gasteiger partial charge in [0.1, 0.15) is 59.2 Å². The van der Waals surface area contributed by atoms with Crippen LogP contribution in [-0.2, 0) is 70.8 Å². The van der Waals surface area contributed by atoms with Gasteiger partial charge in [0.2, 0.25) is 12.7 Å². The van der Waals surface area contributed by atoms with Crippen LogP contribution in [0.4, 0.5) is 5.69 Å². The average Bonchev–Trinajstić information content (AvgIpc) is 0.925. The van der Waals surface area contributed by atoms with Crippen LogP contribution in [0.5, 0.6) is 69.0 Å². The van der Waals surface area contributed by atoms with E-state index in [0.717, 1.165) is 207 Å². The molecule has 0 bridgehead atoms. The minimum atomic E-state index is -0.334. The lowest BCUT2D eigenvalue weighted by atomic mass is 9.87. The van der Waals surface area contributed by atoms with Gasteiger partial charge < -0.3 is 111 Å². The van der Waals surface area contributed by atoms with Gasteiger partial charge >= 0.3 is 0 Å². The Morgan fingerprint density at radius 3 is 1.45 bits per heavy atom. The Morgan fingerprint density at radius 2 is 0.883 bits per heavy atom. The number of piperidine rings is 3. The second kappa shape index (κ2) is 54.0. The molecule has 5 aliphatic rings. The normalized spacial score (nSPS) is 17.4. The maximum atomic E-state index is 11.8. The molecule has 3 saturated heterocycles. The zero-order valence-corrected chi connectivity index (χ0v) is 75.3. The van der Waals surface area contributed by atoms with E-state index in [1.54, 1.807) is 35.5 Å². The van der Waals surface area contributed by atoms with E-state index in [1.807, 2.05) is 121 Å². The zero-order chi connectivity index (χ0) is 89.0. The van der Waals surface area contributed by atoms with E-state index in [1.165, 1.54) is 23.7 Å². The molecule has 9 aromatic carbocycles. The number of nitrogens with one attached hydrogen (secondary N) is 3. The van der Waals surface area contributed by atoms with Crippen molar-refractivity contribution in [3.8, 4) is 69.0 Å². The fourth-order valence-corrected chi connectivity index (χ4v) is 16.1. The van der Waals surface area contributed by atoms with Crippen molar-refractivity contribution in [3.63, 3.8) is 0 Å². The molecule has 128 heavy (non-hydrogen) atoms. The summed E-state index contributed by atoms with van der Waals surface area (Å²) in [4.78, 5) is 14.2. The van der Waals surface area contributed by atoms with Crippen molar-refractivity contribution in [1.82, 2.24) is 21.0 Å². The lowest BCUT2D eigenvalue weighted by Gasteiger charge is -2.33. The number of methoxy groups -OCH3 is 5. The highest BCUT2D eigenvalue weighted by atomic mass is 16.7. The molecule has 26 heteroatoms. The molecule has 0 saturated carbocycles. The van der Waals surface area contributed by atoms with Gasteiger partial charge in [0.25, 0.3) is 0 Å². The van der Waals surface area contributed by atoms with Crippen LogP contribution in [0.2, 0.25) is 0 Å². The minimum absolute atomic E-state index is 0.0393. The second-order valence-corrected chi connectivity index (χ2v) is 31.8. The van der Waals surface area contributed by atoms with E-state index in [2.05, 4.69) is 99.7 Å². The van der Waals surface area contributed by atoms with E-state index in [0.29, 0.717) is 128 Å². The first-order chi connectivity index (χ1) is 63.0. The molecular formula is C102H131N5O21. The molecule has 3 fully saturated rings. The van der Waals surface area contributed by atoms with Crippen LogP contribution >= 0.6 is 0 Å². The van der Waals surface area contributed by atoms with Gasteiger partial charge in [-0.15, -0.1) is 0 Å². The van der Waals surface area contributed by atoms with E-state index in [4.69, 9.17) is 90.0 Å². The van der Waals surface area contributed by atoms with Crippen molar-refractivity contribution in [2.45, 2.75) is 127 Å². The Kier molecular flexibility index (Phi) is 40.7. The Bertz CT molecular complexity index is 4680. The zero-order valence-electron chi connectivity index (χ0n) is 75.3. The van der Waals surface area contributed by atoms with E-state index in [-0.39, 0.29) is 43.4 Å². The molecule has 4 N–H and O–H groups in total. The number of nitrogens with zero attached hydrogens (tertiary/aromatic N) is 2. The van der Waals surface area contributed by atoms with Gasteiger partial charge in [-0.05, 0) is 164 Å². The van der Waals surface area contributed by atoms with Gasteiger partial charge in [-0.25, -0.2) is 5.06 Å². The number of benzene rings is 9. The highest BCUT2D eigenvalue weighted by Gasteiger charge is 2.32. The third kappa shape index (κ3) is 30.5. The van der Waals surface area contributed by atoms with Crippen molar-refractivity contribution >= 4 is 11.6 Å². The number of hydrogen-bond donors (Lipinski definition) is 4. The monoisotopic (exact) mass is 1760 g/mol. The fourth-order valence-electron chi connectivity index (χ4n) is 16.1. The van der Waals surface area contributed by atoms with Crippen LogP contribution in [0.3, 0.4) is 0 Å². The van der Waals surface area contributed by atoms with E-state index >= 15 is 0 Å². The third-order valence-corrected chi connectivity index (χ3v) is 23.0. The number of amides is 1. The lowest BCUT2D eigenvalue weighted by molar-refractivity contribution is -0.159. The largest absolute Gasteiger partial charge is 0.496 e. The number of aryl methyl sites for hydroxylation is 1. The quantitative estimate of drug-likeness (QED) is 0.0157. The SMILES string of the molecule is COCCCN1CCOc2ccc(CO[C@H]3CNCC[C@@H]3c3ccc(OCCCOc4ccc5c(c4)OCO5)cc3)cc21.COCCCOc1c(CO[C@H]2CNCC[C@@H]2c2ccc(OCCCOCc3ccccc3OC)cc2)cccc1OC.COc1ccccc1COCCCOc1ccc([C@H]2CCNC[C@@H]2OCCOc2ccccc2CCC(=O)N(C)O)cc1. The Morgan fingerprint density at radius 1 is 0.414 bits per heavy atom. The Labute approximate surface area is 755 Å². The maximum Gasteiger partial charge on any atom is 0.245 e. The van der Waals surface area contributed by atoms with E-state index < -0.39 is 0 Å². The predicted molar refractivity (Wildman–Crippen MR) is 491 cm³/mol. The van der Waals surface area contributed by atoms with Crippen LogP contribution < -0.4 is 77.7 Å². The summed E-state index contributed by atoms with van der Waals surface area (Å²) in [6.07, 6.45) is 8.10. The number of ether oxygens (including phenoxy) is 19. The van der Waals surface area contributed by atoms with Gasteiger partial charge in [-0.1, -0.05) is 109 Å². The molecule has 14 rings (SSSR count). The molecule has 5 aliphatic heterocycles. The summed E-state index contributed by atoms with van der Waals surface area (Å²) >= 11 is 0. The van der Waals surface area contributed by atoms with Crippen molar-refractivity contribution in [3.05, 3.63) is 245 Å². The van der Waals surface area contributed by atoms with Gasteiger partial charge in [0, 0.05) is 133 Å². The highest BCUT2D eigenvalue weighted by Crippen LogP contribution is 2.40. The van der Waals surface area contributed by atoms with Gasteiger partial charge in [0.15, 0.2) is 23.0 Å². The molecule has 0 spiro atoms. The van der Waals surface area contributed by atoms with Crippen molar-refractivity contribution in [2.24, 2.45) is 0 Å². The first-order valence-corrected chi connectivity index (χ1v) is 45.0. The summed E-state index contributed by atoms with van der Waals surface area (Å²) in [5.41, 5.74) is 10.1. The maximum absolute atomic E-state index is 11.8. The summed E-state index contributed by atoms with van der Waals surface area (Å²) in [7, 11) is 9.79. The fraction of sp³-hybridized carbons (Fsp3) is 0.461. The number of hydroxylamine groups is 2. The summed E-state index contributed by atoms with van der Waals surface area (Å²) in [6.45, 7) is 16.6. The summed E-state index contributed by atoms with van der Waals surface area (Å²) in [5, 5.41) is 20.4.